The molecule has 1 N–H and O–H groups in total. The molecule has 0 aliphatic heterocycles. The third-order valence-corrected chi connectivity index (χ3v) is 5.33. The molecule has 8 nitrogen and oxygen atoms in total. The number of hydrogen-bond acceptors (Lipinski definition) is 6. The Kier molecular flexibility index (Phi) is 4.38. The largest absolute Gasteiger partial charge is 0.469 e. The van der Waals surface area contributed by atoms with Crippen molar-refractivity contribution in [2.75, 3.05) is 12.4 Å². The molecule has 154 valence electrons. The standard InChI is InChI=1S/C21H21FN6O2/c1-27-11-23-19-20(24-14-5-6-14)25-17-10-16(26-28(17)21(19)27)13-3-7-15(22)12(9-13)4-8-18(29)30-2/h3,7,9-11,14H,4-6,8H2,1-2H3,(H,24,25). The molecule has 1 aliphatic carbocycles. The van der Waals surface area contributed by atoms with Crippen molar-refractivity contribution in [3.05, 3.63) is 42.0 Å². The van der Waals surface area contributed by atoms with Crippen LogP contribution >= 0.6 is 0 Å². The monoisotopic (exact) mass is 408 g/mol. The first-order chi connectivity index (χ1) is 14.5. The summed E-state index contributed by atoms with van der Waals surface area (Å²) in [5.74, 6) is 0.0328. The molecule has 1 aromatic carbocycles. The third-order valence-electron chi connectivity index (χ3n) is 5.33. The summed E-state index contributed by atoms with van der Waals surface area (Å²) < 4.78 is 22.6. The van der Waals surface area contributed by atoms with Gasteiger partial charge in [-0.3, -0.25) is 4.79 Å². The van der Waals surface area contributed by atoms with Crippen molar-refractivity contribution in [3.8, 4) is 11.3 Å². The highest BCUT2D eigenvalue weighted by molar-refractivity contribution is 5.86. The maximum Gasteiger partial charge on any atom is 0.305 e. The fourth-order valence-corrected chi connectivity index (χ4v) is 3.54. The van der Waals surface area contributed by atoms with Crippen LogP contribution < -0.4 is 5.32 Å². The van der Waals surface area contributed by atoms with Crippen LogP contribution in [0.5, 0.6) is 0 Å². The van der Waals surface area contributed by atoms with Gasteiger partial charge in [0.1, 0.15) is 5.82 Å². The highest BCUT2D eigenvalue weighted by atomic mass is 19.1. The number of halogens is 1. The van der Waals surface area contributed by atoms with Crippen molar-refractivity contribution >= 4 is 28.6 Å². The highest BCUT2D eigenvalue weighted by Crippen LogP contribution is 2.30. The maximum atomic E-state index is 14.2. The van der Waals surface area contributed by atoms with Crippen LogP contribution in [-0.4, -0.2) is 43.3 Å². The van der Waals surface area contributed by atoms with Crippen molar-refractivity contribution < 1.29 is 13.9 Å². The van der Waals surface area contributed by atoms with Crippen LogP contribution in [0.25, 0.3) is 28.1 Å². The van der Waals surface area contributed by atoms with Crippen molar-refractivity contribution in [1.29, 1.82) is 0 Å². The predicted molar refractivity (Wildman–Crippen MR) is 110 cm³/mol. The molecule has 0 saturated heterocycles. The molecule has 30 heavy (non-hydrogen) atoms. The van der Waals surface area contributed by atoms with E-state index in [4.69, 9.17) is 10.1 Å². The van der Waals surface area contributed by atoms with Crippen molar-refractivity contribution in [3.63, 3.8) is 0 Å². The van der Waals surface area contributed by atoms with E-state index in [0.717, 1.165) is 35.4 Å². The van der Waals surface area contributed by atoms with Crippen LogP contribution in [0.2, 0.25) is 0 Å². The zero-order chi connectivity index (χ0) is 20.8. The summed E-state index contributed by atoms with van der Waals surface area (Å²) in [7, 11) is 3.24. The van der Waals surface area contributed by atoms with Gasteiger partial charge in [-0.1, -0.05) is 0 Å². The minimum Gasteiger partial charge on any atom is -0.469 e. The second-order valence-corrected chi connectivity index (χ2v) is 7.59. The van der Waals surface area contributed by atoms with Gasteiger partial charge in [0.2, 0.25) is 0 Å². The number of aromatic nitrogens is 5. The number of hydrogen-bond donors (Lipinski definition) is 1. The van der Waals surface area contributed by atoms with Gasteiger partial charge in [0.15, 0.2) is 22.6 Å². The van der Waals surface area contributed by atoms with Gasteiger partial charge in [-0.15, -0.1) is 0 Å². The van der Waals surface area contributed by atoms with E-state index in [1.54, 1.807) is 23.0 Å². The Bertz CT molecular complexity index is 1270. The zero-order valence-corrected chi connectivity index (χ0v) is 16.7. The summed E-state index contributed by atoms with van der Waals surface area (Å²) in [4.78, 5) is 20.7. The summed E-state index contributed by atoms with van der Waals surface area (Å²) in [6.45, 7) is 0. The van der Waals surface area contributed by atoms with E-state index in [-0.39, 0.29) is 24.6 Å². The number of carbonyl (C=O) groups excluding carboxylic acids is 1. The number of esters is 1. The smallest absolute Gasteiger partial charge is 0.305 e. The van der Waals surface area contributed by atoms with Gasteiger partial charge in [0.25, 0.3) is 0 Å². The predicted octanol–water partition coefficient (Wildman–Crippen LogP) is 3.10. The molecular formula is C21H21FN6O2. The molecule has 0 atom stereocenters. The van der Waals surface area contributed by atoms with Crippen LogP contribution in [0.1, 0.15) is 24.8 Å². The van der Waals surface area contributed by atoms with Crippen molar-refractivity contribution in [1.82, 2.24) is 24.1 Å². The summed E-state index contributed by atoms with van der Waals surface area (Å²) in [6.07, 6.45) is 4.40. The number of rotatable bonds is 6. The van der Waals surface area contributed by atoms with E-state index in [1.165, 1.54) is 13.2 Å². The Morgan fingerprint density at radius 2 is 2.17 bits per heavy atom. The zero-order valence-electron chi connectivity index (χ0n) is 16.7. The van der Waals surface area contributed by atoms with E-state index in [0.29, 0.717) is 22.9 Å². The maximum absolute atomic E-state index is 14.2. The summed E-state index contributed by atoms with van der Waals surface area (Å²) in [6, 6.07) is 7.13. The molecule has 4 aromatic rings. The lowest BCUT2D eigenvalue weighted by atomic mass is 10.0. The number of nitrogens with one attached hydrogen (secondary N) is 1. The Hall–Kier alpha value is -3.49. The van der Waals surface area contributed by atoms with E-state index >= 15 is 0 Å². The summed E-state index contributed by atoms with van der Waals surface area (Å²) in [5, 5.41) is 8.16. The first kappa shape index (κ1) is 18.5. The number of fused-ring (bicyclic) bond motifs is 3. The Morgan fingerprint density at radius 1 is 1.33 bits per heavy atom. The van der Waals surface area contributed by atoms with Crippen LogP contribution in [0, 0.1) is 5.82 Å². The minimum absolute atomic E-state index is 0.120. The van der Waals surface area contributed by atoms with Gasteiger partial charge >= 0.3 is 5.97 Å². The second kappa shape index (κ2) is 7.08. The van der Waals surface area contributed by atoms with Gasteiger partial charge in [-0.25, -0.2) is 14.4 Å². The minimum atomic E-state index is -0.369. The number of ether oxygens (including phenoxy) is 1. The van der Waals surface area contributed by atoms with Crippen molar-refractivity contribution in [2.24, 2.45) is 7.05 Å². The van der Waals surface area contributed by atoms with Gasteiger partial charge in [0, 0.05) is 31.1 Å². The first-order valence-corrected chi connectivity index (χ1v) is 9.86. The summed E-state index contributed by atoms with van der Waals surface area (Å²) >= 11 is 0. The van der Waals surface area contributed by atoms with Crippen LogP contribution in [-0.2, 0) is 23.0 Å². The molecule has 5 rings (SSSR count). The summed E-state index contributed by atoms with van der Waals surface area (Å²) in [5.41, 5.74) is 4.17. The molecule has 3 aromatic heterocycles. The number of carbonyl (C=O) groups is 1. The fourth-order valence-electron chi connectivity index (χ4n) is 3.54. The molecule has 0 radical (unpaired) electrons. The molecule has 1 aliphatic rings. The molecule has 9 heteroatoms. The van der Waals surface area contributed by atoms with Gasteiger partial charge in [0.05, 0.1) is 19.1 Å². The molecule has 0 bridgehead atoms. The number of benzene rings is 1. The number of anilines is 1. The lowest BCUT2D eigenvalue weighted by Gasteiger charge is -2.06. The number of nitrogens with zero attached hydrogens (tertiary/aromatic N) is 5. The highest BCUT2D eigenvalue weighted by Gasteiger charge is 2.24. The molecule has 1 saturated carbocycles. The number of methoxy groups -OCH3 is 1. The van der Waals surface area contributed by atoms with Gasteiger partial charge < -0.3 is 14.6 Å². The second-order valence-electron chi connectivity index (χ2n) is 7.59. The van der Waals surface area contributed by atoms with E-state index < -0.39 is 0 Å². The molecule has 3 heterocycles. The molecular weight excluding hydrogens is 387 g/mol. The van der Waals surface area contributed by atoms with Gasteiger partial charge in [-0.05, 0) is 43.0 Å². The van der Waals surface area contributed by atoms with Crippen LogP contribution in [0.4, 0.5) is 10.2 Å². The molecule has 0 amide bonds. The first-order valence-electron chi connectivity index (χ1n) is 9.86. The quantitative estimate of drug-likeness (QED) is 0.494. The van der Waals surface area contributed by atoms with E-state index in [9.17, 15) is 9.18 Å². The molecule has 1 fully saturated rings. The van der Waals surface area contributed by atoms with Gasteiger partial charge in [-0.2, -0.15) is 9.61 Å². The normalized spacial score (nSPS) is 13.8. The Labute approximate surface area is 171 Å². The Balaban J connectivity index is 1.57. The topological polar surface area (TPSA) is 86.3 Å². The van der Waals surface area contributed by atoms with E-state index in [1.807, 2.05) is 17.7 Å². The lowest BCUT2D eigenvalue weighted by Crippen LogP contribution is -2.07. The number of imidazole rings is 1. The van der Waals surface area contributed by atoms with Crippen LogP contribution in [0.15, 0.2) is 30.6 Å². The molecule has 0 spiro atoms. The average molecular weight is 408 g/mol. The SMILES string of the molecule is COC(=O)CCc1cc(-c2cc3nc(NC4CC4)c4ncn(C)c4n3n2)ccc1F. The average Bonchev–Trinajstić information content (AvgIpc) is 3.32. The van der Waals surface area contributed by atoms with E-state index in [2.05, 4.69) is 15.0 Å². The van der Waals surface area contributed by atoms with Crippen molar-refractivity contribution in [2.45, 2.75) is 31.7 Å². The molecule has 0 unspecified atom stereocenters. The third kappa shape index (κ3) is 3.26. The lowest BCUT2D eigenvalue weighted by molar-refractivity contribution is -0.140. The van der Waals surface area contributed by atoms with Crippen LogP contribution in [0.3, 0.4) is 0 Å². The number of aryl methyl sites for hydroxylation is 2. The Morgan fingerprint density at radius 3 is 2.93 bits per heavy atom. The fraction of sp³-hybridized carbons (Fsp3) is 0.333.